The summed E-state index contributed by atoms with van der Waals surface area (Å²) in [5, 5.41) is 12.2. The Morgan fingerprint density at radius 3 is 2.72 bits per heavy atom. The van der Waals surface area contributed by atoms with Gasteiger partial charge in [0, 0.05) is 32.1 Å². The Balaban J connectivity index is 2.13. The summed E-state index contributed by atoms with van der Waals surface area (Å²) in [7, 11) is 0. The third kappa shape index (κ3) is 6.82. The number of nitrogens with zero attached hydrogens (tertiary/aromatic N) is 1. The van der Waals surface area contributed by atoms with Crippen molar-refractivity contribution in [3.8, 4) is 0 Å². The molecule has 0 radical (unpaired) electrons. The standard InChI is InChI=1S/C15H28N2O/c1-14(2)11-16-12-15-7-9-17(13-15)8-5-3-4-6-10-18/h7,9,13-14,16,18H,3-6,8,10-12H2,1-2H3. The van der Waals surface area contributed by atoms with Gasteiger partial charge in [-0.05, 0) is 36.9 Å². The quantitative estimate of drug-likeness (QED) is 0.628. The molecule has 0 aliphatic carbocycles. The van der Waals surface area contributed by atoms with Crippen molar-refractivity contribution >= 4 is 0 Å². The van der Waals surface area contributed by atoms with E-state index in [9.17, 15) is 0 Å². The Labute approximate surface area is 111 Å². The zero-order valence-electron chi connectivity index (χ0n) is 11.9. The highest BCUT2D eigenvalue weighted by molar-refractivity contribution is 5.09. The lowest BCUT2D eigenvalue weighted by molar-refractivity contribution is 0.282. The summed E-state index contributed by atoms with van der Waals surface area (Å²) in [6.45, 7) is 7.92. The lowest BCUT2D eigenvalue weighted by Crippen LogP contribution is -2.18. The van der Waals surface area contributed by atoms with Gasteiger partial charge in [-0.25, -0.2) is 0 Å². The van der Waals surface area contributed by atoms with Gasteiger partial charge < -0.3 is 15.0 Å². The molecule has 0 unspecified atom stereocenters. The van der Waals surface area contributed by atoms with Crippen LogP contribution in [0, 0.1) is 5.92 Å². The van der Waals surface area contributed by atoms with Crippen LogP contribution in [0.3, 0.4) is 0 Å². The Kier molecular flexibility index (Phi) is 7.78. The van der Waals surface area contributed by atoms with Gasteiger partial charge >= 0.3 is 0 Å². The summed E-state index contributed by atoms with van der Waals surface area (Å²) in [5.74, 6) is 0.707. The number of aryl methyl sites for hydroxylation is 1. The smallest absolute Gasteiger partial charge is 0.0431 e. The van der Waals surface area contributed by atoms with Crippen LogP contribution in [-0.2, 0) is 13.1 Å². The molecule has 0 bridgehead atoms. The van der Waals surface area contributed by atoms with Crippen LogP contribution in [0.25, 0.3) is 0 Å². The number of hydrogen-bond acceptors (Lipinski definition) is 2. The molecule has 0 saturated carbocycles. The van der Waals surface area contributed by atoms with Gasteiger partial charge in [0.05, 0.1) is 0 Å². The fraction of sp³-hybridized carbons (Fsp3) is 0.733. The first-order chi connectivity index (χ1) is 8.72. The van der Waals surface area contributed by atoms with Crippen LogP contribution >= 0.6 is 0 Å². The number of rotatable bonds is 10. The number of hydrogen-bond donors (Lipinski definition) is 2. The minimum absolute atomic E-state index is 0.329. The molecule has 104 valence electrons. The lowest BCUT2D eigenvalue weighted by Gasteiger charge is -2.06. The first kappa shape index (κ1) is 15.3. The van der Waals surface area contributed by atoms with E-state index in [0.29, 0.717) is 12.5 Å². The molecule has 2 N–H and O–H groups in total. The van der Waals surface area contributed by atoms with E-state index in [4.69, 9.17) is 5.11 Å². The third-order valence-electron chi connectivity index (χ3n) is 3.02. The summed E-state index contributed by atoms with van der Waals surface area (Å²) >= 11 is 0. The molecule has 1 rings (SSSR count). The van der Waals surface area contributed by atoms with Crippen molar-refractivity contribution in [1.29, 1.82) is 0 Å². The van der Waals surface area contributed by atoms with Crippen LogP contribution in [-0.4, -0.2) is 22.8 Å². The number of aliphatic hydroxyl groups is 1. The number of aliphatic hydroxyl groups excluding tert-OH is 1. The molecule has 0 aromatic carbocycles. The molecule has 3 nitrogen and oxygen atoms in total. The molecule has 0 aliphatic rings. The van der Waals surface area contributed by atoms with Gasteiger partial charge in [0.1, 0.15) is 0 Å². The molecule has 0 amide bonds. The number of aromatic nitrogens is 1. The first-order valence-corrected chi connectivity index (χ1v) is 7.18. The van der Waals surface area contributed by atoms with Crippen LogP contribution in [0.5, 0.6) is 0 Å². The van der Waals surface area contributed by atoms with E-state index in [1.807, 2.05) is 0 Å². The molecule has 18 heavy (non-hydrogen) atoms. The highest BCUT2D eigenvalue weighted by atomic mass is 16.2. The van der Waals surface area contributed by atoms with Crippen LogP contribution < -0.4 is 5.32 Å². The fourth-order valence-corrected chi connectivity index (χ4v) is 2.00. The summed E-state index contributed by atoms with van der Waals surface area (Å²) in [5.41, 5.74) is 1.37. The predicted molar refractivity (Wildman–Crippen MR) is 76.5 cm³/mol. The van der Waals surface area contributed by atoms with Crippen molar-refractivity contribution in [2.45, 2.75) is 52.6 Å². The SMILES string of the molecule is CC(C)CNCc1ccn(CCCCCCO)c1. The zero-order chi connectivity index (χ0) is 13.2. The minimum atomic E-state index is 0.329. The Bertz CT molecular complexity index is 307. The van der Waals surface area contributed by atoms with Gasteiger partial charge in [0.15, 0.2) is 0 Å². The zero-order valence-corrected chi connectivity index (χ0v) is 11.9. The van der Waals surface area contributed by atoms with E-state index >= 15 is 0 Å². The van der Waals surface area contributed by atoms with Crippen molar-refractivity contribution in [3.05, 3.63) is 24.0 Å². The van der Waals surface area contributed by atoms with E-state index in [2.05, 4.69) is 42.2 Å². The maximum atomic E-state index is 8.70. The number of nitrogens with one attached hydrogen (secondary N) is 1. The van der Waals surface area contributed by atoms with Gasteiger partial charge in [-0.3, -0.25) is 0 Å². The average molecular weight is 252 g/mol. The molecule has 1 aromatic rings. The monoisotopic (exact) mass is 252 g/mol. The minimum Gasteiger partial charge on any atom is -0.396 e. The van der Waals surface area contributed by atoms with Gasteiger partial charge in [-0.1, -0.05) is 26.7 Å². The van der Waals surface area contributed by atoms with E-state index < -0.39 is 0 Å². The average Bonchev–Trinajstić information content (AvgIpc) is 2.76. The largest absolute Gasteiger partial charge is 0.396 e. The topological polar surface area (TPSA) is 37.2 Å². The summed E-state index contributed by atoms with van der Waals surface area (Å²) < 4.78 is 2.27. The van der Waals surface area contributed by atoms with Crippen LogP contribution in [0.2, 0.25) is 0 Å². The highest BCUT2D eigenvalue weighted by Crippen LogP contribution is 2.05. The van der Waals surface area contributed by atoms with Crippen molar-refractivity contribution in [1.82, 2.24) is 9.88 Å². The number of unbranched alkanes of at least 4 members (excludes halogenated alkanes) is 3. The molecule has 0 atom stereocenters. The predicted octanol–water partition coefficient (Wildman–Crippen LogP) is 2.79. The van der Waals surface area contributed by atoms with Crippen LogP contribution in [0.15, 0.2) is 18.5 Å². The van der Waals surface area contributed by atoms with Crippen LogP contribution in [0.4, 0.5) is 0 Å². The van der Waals surface area contributed by atoms with Gasteiger partial charge in [0.25, 0.3) is 0 Å². The van der Waals surface area contributed by atoms with Crippen molar-refractivity contribution in [2.24, 2.45) is 5.92 Å². The van der Waals surface area contributed by atoms with Crippen molar-refractivity contribution < 1.29 is 5.11 Å². The molecule has 0 saturated heterocycles. The molecular weight excluding hydrogens is 224 g/mol. The van der Waals surface area contributed by atoms with Gasteiger partial charge in [-0.15, -0.1) is 0 Å². The Morgan fingerprint density at radius 1 is 1.22 bits per heavy atom. The molecular formula is C15H28N2O. The lowest BCUT2D eigenvalue weighted by atomic mass is 10.2. The second-order valence-corrected chi connectivity index (χ2v) is 5.42. The van der Waals surface area contributed by atoms with Gasteiger partial charge in [-0.2, -0.15) is 0 Å². The maximum Gasteiger partial charge on any atom is 0.0431 e. The van der Waals surface area contributed by atoms with Gasteiger partial charge in [0.2, 0.25) is 0 Å². The molecule has 3 heteroatoms. The van der Waals surface area contributed by atoms with E-state index in [0.717, 1.165) is 32.5 Å². The Hall–Kier alpha value is -0.800. The highest BCUT2D eigenvalue weighted by Gasteiger charge is 1.98. The molecule has 0 fully saturated rings. The second kappa shape index (κ2) is 9.17. The van der Waals surface area contributed by atoms with E-state index in [1.54, 1.807) is 0 Å². The molecule has 1 heterocycles. The van der Waals surface area contributed by atoms with Crippen molar-refractivity contribution in [3.63, 3.8) is 0 Å². The summed E-state index contributed by atoms with van der Waals surface area (Å²) in [4.78, 5) is 0. The molecule has 1 aromatic heterocycles. The van der Waals surface area contributed by atoms with E-state index in [1.165, 1.54) is 18.4 Å². The van der Waals surface area contributed by atoms with Crippen molar-refractivity contribution in [2.75, 3.05) is 13.2 Å². The third-order valence-corrected chi connectivity index (χ3v) is 3.02. The first-order valence-electron chi connectivity index (χ1n) is 7.18. The summed E-state index contributed by atoms with van der Waals surface area (Å²) in [6.07, 6.45) is 8.89. The van der Waals surface area contributed by atoms with E-state index in [-0.39, 0.29) is 0 Å². The van der Waals surface area contributed by atoms with Crippen LogP contribution in [0.1, 0.15) is 45.1 Å². The Morgan fingerprint density at radius 2 is 2.00 bits per heavy atom. The molecule has 0 aliphatic heterocycles. The fourth-order valence-electron chi connectivity index (χ4n) is 2.00. The second-order valence-electron chi connectivity index (χ2n) is 5.42. The summed E-state index contributed by atoms with van der Waals surface area (Å²) in [6, 6.07) is 2.20. The molecule has 0 spiro atoms. The normalized spacial score (nSPS) is 11.3. The maximum absolute atomic E-state index is 8.70.